The number of likely N-dealkylation sites (N-methyl/N-ethyl adjacent to an activating group) is 1. The van der Waals surface area contributed by atoms with Crippen LogP contribution >= 0.6 is 0 Å². The lowest BCUT2D eigenvalue weighted by Crippen LogP contribution is -2.44. The molecule has 1 saturated heterocycles. The second-order valence-electron chi connectivity index (χ2n) is 10.4. The van der Waals surface area contributed by atoms with E-state index < -0.39 is 6.10 Å². The average Bonchev–Trinajstić information content (AvgIpc) is 2.96. The smallest absolute Gasteiger partial charge is 0.256 e. The van der Waals surface area contributed by atoms with Gasteiger partial charge in [-0.2, -0.15) is 0 Å². The van der Waals surface area contributed by atoms with Gasteiger partial charge in [-0.05, 0) is 56.0 Å². The maximum atomic E-state index is 13.4. The second kappa shape index (κ2) is 10.6. The highest BCUT2D eigenvalue weighted by atomic mass is 16.5. The fourth-order valence-electron chi connectivity index (χ4n) is 5.62. The summed E-state index contributed by atoms with van der Waals surface area (Å²) in [6.45, 7) is 7.17. The molecule has 3 aliphatic heterocycles. The second-order valence-corrected chi connectivity index (χ2v) is 10.4. The number of benzene rings is 2. The van der Waals surface area contributed by atoms with E-state index in [1.165, 1.54) is 11.1 Å². The number of amides is 1. The summed E-state index contributed by atoms with van der Waals surface area (Å²) in [6.07, 6.45) is 2.60. The van der Waals surface area contributed by atoms with Gasteiger partial charge in [-0.3, -0.25) is 9.69 Å². The standard InChI is InChI=1S/C28H38N4O3/c1-20-15-25(9-11-29-20)35-24-7-8-26-27(16-24)30(2)13-14-32(28(26)34)19-23(33)18-31-12-10-21-5-3-4-6-22(21)17-31/h3-8,16,20,23,25,29,33H,9-15,17-19H2,1-2H3. The maximum Gasteiger partial charge on any atom is 0.256 e. The molecule has 3 aliphatic rings. The van der Waals surface area contributed by atoms with Crippen molar-refractivity contribution in [2.24, 2.45) is 0 Å². The van der Waals surface area contributed by atoms with Gasteiger partial charge in [0.1, 0.15) is 11.9 Å². The number of anilines is 1. The Balaban J connectivity index is 1.22. The van der Waals surface area contributed by atoms with Crippen LogP contribution in [0.2, 0.25) is 0 Å². The molecule has 1 amide bonds. The molecule has 188 valence electrons. The number of hydrogen-bond acceptors (Lipinski definition) is 6. The molecule has 5 rings (SSSR count). The topological polar surface area (TPSA) is 68.3 Å². The molecule has 0 bridgehead atoms. The molecule has 3 unspecified atom stereocenters. The number of nitrogens with one attached hydrogen (secondary N) is 1. The number of nitrogens with zero attached hydrogens (tertiary/aromatic N) is 3. The average molecular weight is 479 g/mol. The number of aliphatic hydroxyl groups is 1. The third-order valence-electron chi connectivity index (χ3n) is 7.59. The molecule has 0 aromatic heterocycles. The minimum atomic E-state index is -0.583. The van der Waals surface area contributed by atoms with Crippen LogP contribution in [-0.2, 0) is 13.0 Å². The fraction of sp³-hybridized carbons (Fsp3) is 0.536. The van der Waals surface area contributed by atoms with Crippen LogP contribution in [0.3, 0.4) is 0 Å². The number of carbonyl (C=O) groups excluding carboxylic acids is 1. The van der Waals surface area contributed by atoms with Gasteiger partial charge in [0, 0.05) is 58.4 Å². The molecule has 1 fully saturated rings. The van der Waals surface area contributed by atoms with Crippen molar-refractivity contribution in [3.8, 4) is 5.75 Å². The molecular formula is C28H38N4O3. The highest BCUT2D eigenvalue weighted by molar-refractivity contribution is 6.00. The van der Waals surface area contributed by atoms with Crippen molar-refractivity contribution < 1.29 is 14.6 Å². The molecule has 0 saturated carbocycles. The van der Waals surface area contributed by atoms with Crippen molar-refractivity contribution in [2.45, 2.75) is 51.0 Å². The lowest BCUT2D eigenvalue weighted by molar-refractivity contribution is 0.0521. The lowest BCUT2D eigenvalue weighted by atomic mass is 10.00. The maximum absolute atomic E-state index is 13.4. The fourth-order valence-corrected chi connectivity index (χ4v) is 5.62. The normalized spacial score (nSPS) is 23.9. The van der Waals surface area contributed by atoms with Crippen molar-refractivity contribution in [2.75, 3.05) is 51.2 Å². The third-order valence-corrected chi connectivity index (χ3v) is 7.59. The molecule has 2 aromatic carbocycles. The van der Waals surface area contributed by atoms with Crippen molar-refractivity contribution in [3.63, 3.8) is 0 Å². The van der Waals surface area contributed by atoms with Gasteiger partial charge in [-0.15, -0.1) is 0 Å². The Bertz CT molecular complexity index is 1040. The number of β-amino-alcohol motifs (C(OH)–C–C–N with tert-alkyl or cyclic N) is 1. The Morgan fingerprint density at radius 1 is 1.11 bits per heavy atom. The van der Waals surface area contributed by atoms with E-state index in [2.05, 4.69) is 46.3 Å². The van der Waals surface area contributed by atoms with E-state index >= 15 is 0 Å². The van der Waals surface area contributed by atoms with Gasteiger partial charge < -0.3 is 25.0 Å². The molecule has 2 aromatic rings. The molecule has 0 radical (unpaired) electrons. The third kappa shape index (κ3) is 5.63. The van der Waals surface area contributed by atoms with Gasteiger partial charge in [-0.1, -0.05) is 24.3 Å². The molecule has 0 spiro atoms. The van der Waals surface area contributed by atoms with E-state index in [4.69, 9.17) is 4.74 Å². The monoisotopic (exact) mass is 478 g/mol. The van der Waals surface area contributed by atoms with Crippen molar-refractivity contribution in [1.29, 1.82) is 0 Å². The summed E-state index contributed by atoms with van der Waals surface area (Å²) in [6, 6.07) is 14.8. The van der Waals surface area contributed by atoms with Crippen LogP contribution in [0.1, 0.15) is 41.3 Å². The minimum Gasteiger partial charge on any atom is -0.490 e. The molecule has 7 heteroatoms. The van der Waals surface area contributed by atoms with E-state index in [0.717, 1.165) is 56.9 Å². The van der Waals surface area contributed by atoms with E-state index in [0.29, 0.717) is 31.2 Å². The van der Waals surface area contributed by atoms with Crippen LogP contribution in [-0.4, -0.2) is 85.4 Å². The highest BCUT2D eigenvalue weighted by Crippen LogP contribution is 2.30. The number of aliphatic hydroxyl groups excluding tert-OH is 1. The predicted octanol–water partition coefficient (Wildman–Crippen LogP) is 2.52. The summed E-state index contributed by atoms with van der Waals surface area (Å²) < 4.78 is 6.28. The molecular weight excluding hydrogens is 440 g/mol. The van der Waals surface area contributed by atoms with Crippen LogP contribution in [0.5, 0.6) is 5.75 Å². The summed E-state index contributed by atoms with van der Waals surface area (Å²) in [5.74, 6) is 0.802. The van der Waals surface area contributed by atoms with Crippen LogP contribution in [0, 0.1) is 0 Å². The van der Waals surface area contributed by atoms with Crippen molar-refractivity contribution in [3.05, 3.63) is 59.2 Å². The van der Waals surface area contributed by atoms with E-state index in [9.17, 15) is 9.90 Å². The summed E-state index contributed by atoms with van der Waals surface area (Å²) in [7, 11) is 2.02. The number of piperidine rings is 1. The molecule has 7 nitrogen and oxygen atoms in total. The summed E-state index contributed by atoms with van der Waals surface area (Å²) >= 11 is 0. The van der Waals surface area contributed by atoms with E-state index in [1.54, 1.807) is 4.90 Å². The molecule has 3 atom stereocenters. The summed E-state index contributed by atoms with van der Waals surface area (Å²) in [5.41, 5.74) is 4.32. The zero-order valence-corrected chi connectivity index (χ0v) is 20.9. The molecule has 3 heterocycles. The quantitative estimate of drug-likeness (QED) is 0.665. The number of carbonyl (C=O) groups is 1. The zero-order valence-electron chi connectivity index (χ0n) is 20.9. The van der Waals surface area contributed by atoms with Crippen molar-refractivity contribution in [1.82, 2.24) is 15.1 Å². The SMILES string of the molecule is CC1CC(Oc2ccc3c(c2)N(C)CCN(CC(O)CN2CCc4ccccc4C2)C3=O)CCN1. The predicted molar refractivity (Wildman–Crippen MR) is 138 cm³/mol. The van der Waals surface area contributed by atoms with Gasteiger partial charge in [0.25, 0.3) is 5.91 Å². The van der Waals surface area contributed by atoms with Crippen LogP contribution in [0.25, 0.3) is 0 Å². The van der Waals surface area contributed by atoms with Crippen LogP contribution in [0.15, 0.2) is 42.5 Å². The largest absolute Gasteiger partial charge is 0.490 e. The van der Waals surface area contributed by atoms with Gasteiger partial charge in [0.15, 0.2) is 0 Å². The number of rotatable bonds is 6. The van der Waals surface area contributed by atoms with Gasteiger partial charge in [0.2, 0.25) is 0 Å². The first kappa shape index (κ1) is 24.1. The highest BCUT2D eigenvalue weighted by Gasteiger charge is 2.28. The number of ether oxygens (including phenoxy) is 1. The molecule has 0 aliphatic carbocycles. The Labute approximate surface area is 208 Å². The Morgan fingerprint density at radius 2 is 1.94 bits per heavy atom. The van der Waals surface area contributed by atoms with Crippen molar-refractivity contribution >= 4 is 11.6 Å². The molecule has 2 N–H and O–H groups in total. The summed E-state index contributed by atoms with van der Waals surface area (Å²) in [5, 5.41) is 14.4. The Kier molecular flexibility index (Phi) is 7.27. The molecule has 35 heavy (non-hydrogen) atoms. The van der Waals surface area contributed by atoms with Gasteiger partial charge >= 0.3 is 0 Å². The number of fused-ring (bicyclic) bond motifs is 2. The summed E-state index contributed by atoms with van der Waals surface area (Å²) in [4.78, 5) is 19.7. The Hall–Kier alpha value is -2.61. The number of hydrogen-bond donors (Lipinski definition) is 2. The van der Waals surface area contributed by atoms with E-state index in [-0.39, 0.29) is 12.0 Å². The van der Waals surface area contributed by atoms with Crippen LogP contribution in [0.4, 0.5) is 5.69 Å². The van der Waals surface area contributed by atoms with Crippen LogP contribution < -0.4 is 15.0 Å². The lowest BCUT2D eigenvalue weighted by Gasteiger charge is -2.32. The minimum absolute atomic E-state index is 0.0190. The first-order valence-electron chi connectivity index (χ1n) is 13.0. The first-order chi connectivity index (χ1) is 17.0. The van der Waals surface area contributed by atoms with E-state index in [1.807, 2.05) is 25.2 Å². The first-order valence-corrected chi connectivity index (χ1v) is 13.0. The zero-order chi connectivity index (χ0) is 24.4. The van der Waals surface area contributed by atoms with Gasteiger partial charge in [0.05, 0.1) is 17.4 Å². The Morgan fingerprint density at radius 3 is 2.77 bits per heavy atom. The van der Waals surface area contributed by atoms with Gasteiger partial charge in [-0.25, -0.2) is 0 Å².